The van der Waals surface area contributed by atoms with Gasteiger partial charge in [-0.3, -0.25) is 9.00 Å². The molecule has 0 spiro atoms. The van der Waals surface area contributed by atoms with Crippen molar-refractivity contribution in [2.24, 2.45) is 5.73 Å². The summed E-state index contributed by atoms with van der Waals surface area (Å²) in [5.74, 6) is 0.0353. The molecule has 0 radical (unpaired) electrons. The summed E-state index contributed by atoms with van der Waals surface area (Å²) in [6, 6.07) is 7.48. The highest BCUT2D eigenvalue weighted by molar-refractivity contribution is 7.84. The smallest absolute Gasteiger partial charge is 0.224 e. The zero-order valence-corrected chi connectivity index (χ0v) is 11.9. The van der Waals surface area contributed by atoms with Crippen LogP contribution in [-0.2, 0) is 15.6 Å². The summed E-state index contributed by atoms with van der Waals surface area (Å²) in [5.41, 5.74) is 6.40. The third kappa shape index (κ3) is 3.65. The predicted molar refractivity (Wildman–Crippen MR) is 73.6 cm³/mol. The molecule has 1 amide bonds. The Morgan fingerprint density at radius 1 is 1.39 bits per heavy atom. The minimum atomic E-state index is -0.970. The molecule has 18 heavy (non-hydrogen) atoms. The predicted octanol–water partition coefficient (Wildman–Crippen LogP) is 1.29. The number of rotatable bonds is 5. The van der Waals surface area contributed by atoms with Gasteiger partial charge in [-0.25, -0.2) is 0 Å². The van der Waals surface area contributed by atoms with Crippen LogP contribution in [0.25, 0.3) is 0 Å². The van der Waals surface area contributed by atoms with E-state index in [0.29, 0.717) is 13.0 Å². The summed E-state index contributed by atoms with van der Waals surface area (Å²) < 4.78 is 11.3. The molecule has 0 fully saturated rings. The molecule has 1 aromatic rings. The quantitative estimate of drug-likeness (QED) is 0.875. The molecule has 0 aliphatic carbocycles. The van der Waals surface area contributed by atoms with E-state index in [4.69, 9.17) is 5.73 Å². The number of nitrogens with zero attached hydrogens (tertiary/aromatic N) is 1. The van der Waals surface area contributed by atoms with E-state index in [1.807, 2.05) is 31.2 Å². The van der Waals surface area contributed by atoms with E-state index < -0.39 is 10.8 Å². The van der Waals surface area contributed by atoms with Gasteiger partial charge >= 0.3 is 0 Å². The molecule has 1 aromatic carbocycles. The van der Waals surface area contributed by atoms with Crippen LogP contribution in [0, 0.1) is 0 Å². The largest absolute Gasteiger partial charge is 0.339 e. The Morgan fingerprint density at radius 3 is 2.39 bits per heavy atom. The van der Waals surface area contributed by atoms with Crippen LogP contribution < -0.4 is 5.73 Å². The first-order chi connectivity index (χ1) is 8.47. The normalized spacial score (nSPS) is 14.0. The van der Waals surface area contributed by atoms with E-state index in [1.165, 1.54) is 0 Å². The van der Waals surface area contributed by atoms with Gasteiger partial charge in [-0.05, 0) is 24.6 Å². The molecule has 0 saturated heterocycles. The molecule has 2 N–H and O–H groups in total. The number of hydrogen-bond donors (Lipinski definition) is 1. The molecule has 0 aliphatic heterocycles. The maximum absolute atomic E-state index is 11.7. The van der Waals surface area contributed by atoms with Gasteiger partial charge in [0.05, 0.1) is 6.04 Å². The van der Waals surface area contributed by atoms with Crippen LogP contribution in [0.2, 0.25) is 0 Å². The molecule has 4 nitrogen and oxygen atoms in total. The lowest BCUT2D eigenvalue weighted by Crippen LogP contribution is -2.31. The third-order valence-corrected chi connectivity index (χ3v) is 3.96. The second-order valence-electron chi connectivity index (χ2n) is 4.24. The number of benzene rings is 1. The Hall–Kier alpha value is -1.20. The van der Waals surface area contributed by atoms with Crippen molar-refractivity contribution < 1.29 is 9.00 Å². The highest BCUT2D eigenvalue weighted by Gasteiger charge is 2.16. The van der Waals surface area contributed by atoms with Crippen molar-refractivity contribution in [3.05, 3.63) is 29.8 Å². The van der Waals surface area contributed by atoms with Crippen LogP contribution in [0.1, 0.15) is 24.9 Å². The first kappa shape index (κ1) is 14.9. The van der Waals surface area contributed by atoms with Crippen molar-refractivity contribution in [2.45, 2.75) is 24.3 Å². The summed E-state index contributed by atoms with van der Waals surface area (Å²) in [6.07, 6.45) is 2.01. The van der Waals surface area contributed by atoms with Gasteiger partial charge in [0.1, 0.15) is 0 Å². The van der Waals surface area contributed by atoms with Crippen molar-refractivity contribution >= 4 is 16.7 Å². The fraction of sp³-hybridized carbons (Fsp3) is 0.462. The minimum Gasteiger partial charge on any atom is -0.339 e. The van der Waals surface area contributed by atoms with Crippen LogP contribution in [0.3, 0.4) is 0 Å². The van der Waals surface area contributed by atoms with Gasteiger partial charge in [-0.1, -0.05) is 12.1 Å². The molecule has 5 heteroatoms. The number of hydrogen-bond acceptors (Lipinski definition) is 3. The van der Waals surface area contributed by atoms with Gasteiger partial charge in [-0.15, -0.1) is 0 Å². The molecule has 2 atom stereocenters. The molecule has 1 rings (SSSR count). The summed E-state index contributed by atoms with van der Waals surface area (Å²) >= 11 is 0. The van der Waals surface area contributed by atoms with Gasteiger partial charge in [0, 0.05) is 42.0 Å². The minimum absolute atomic E-state index is 0.0107. The number of nitrogens with two attached hydrogens (primary N) is 1. The summed E-state index contributed by atoms with van der Waals surface area (Å²) in [7, 11) is 0.802. The lowest BCUT2D eigenvalue weighted by molar-refractivity contribution is -0.131. The molecule has 2 unspecified atom stereocenters. The van der Waals surface area contributed by atoms with Crippen molar-refractivity contribution in [1.29, 1.82) is 0 Å². The van der Waals surface area contributed by atoms with E-state index in [9.17, 15) is 9.00 Å². The Kier molecular flexibility index (Phi) is 5.50. The highest BCUT2D eigenvalue weighted by Crippen LogP contribution is 2.20. The van der Waals surface area contributed by atoms with Crippen molar-refractivity contribution in [1.82, 2.24) is 4.90 Å². The van der Waals surface area contributed by atoms with Crippen LogP contribution >= 0.6 is 0 Å². The maximum atomic E-state index is 11.7. The number of carbonyl (C=O) groups is 1. The fourth-order valence-electron chi connectivity index (χ4n) is 1.68. The molecular weight excluding hydrogens is 248 g/mol. The first-order valence-corrected chi connectivity index (χ1v) is 7.42. The molecule has 0 heterocycles. The SMILES string of the molecule is CC(c1ccc(S(C)=O)cc1)N(C)C(=O)CCN. The average Bonchev–Trinajstić information content (AvgIpc) is 2.37. The van der Waals surface area contributed by atoms with Gasteiger partial charge in [0.15, 0.2) is 0 Å². The zero-order valence-electron chi connectivity index (χ0n) is 11.1. The molecule has 0 bridgehead atoms. The zero-order chi connectivity index (χ0) is 13.7. The summed E-state index contributed by atoms with van der Waals surface area (Å²) in [4.78, 5) is 14.2. The van der Waals surface area contributed by atoms with Gasteiger partial charge in [0.2, 0.25) is 5.91 Å². The van der Waals surface area contributed by atoms with E-state index in [1.54, 1.807) is 18.2 Å². The number of carbonyl (C=O) groups excluding carboxylic acids is 1. The van der Waals surface area contributed by atoms with Crippen LogP contribution in [0.5, 0.6) is 0 Å². The Morgan fingerprint density at radius 2 is 1.94 bits per heavy atom. The average molecular weight is 268 g/mol. The second kappa shape index (κ2) is 6.66. The lowest BCUT2D eigenvalue weighted by atomic mass is 10.1. The van der Waals surface area contributed by atoms with E-state index in [-0.39, 0.29) is 11.9 Å². The van der Waals surface area contributed by atoms with E-state index in [2.05, 4.69) is 0 Å². The Labute approximate surface area is 111 Å². The van der Waals surface area contributed by atoms with Crippen LogP contribution in [-0.4, -0.2) is 34.9 Å². The fourth-order valence-corrected chi connectivity index (χ4v) is 2.20. The van der Waals surface area contributed by atoms with Gasteiger partial charge in [0.25, 0.3) is 0 Å². The topological polar surface area (TPSA) is 63.4 Å². The monoisotopic (exact) mass is 268 g/mol. The Bertz CT molecular complexity index is 431. The maximum Gasteiger partial charge on any atom is 0.224 e. The molecule has 0 aliphatic rings. The molecular formula is C13H20N2O2S. The Balaban J connectivity index is 2.80. The number of amides is 1. The van der Waals surface area contributed by atoms with Gasteiger partial charge < -0.3 is 10.6 Å². The van der Waals surface area contributed by atoms with Crippen molar-refractivity contribution in [3.63, 3.8) is 0 Å². The van der Waals surface area contributed by atoms with E-state index >= 15 is 0 Å². The van der Waals surface area contributed by atoms with Crippen LogP contribution in [0.4, 0.5) is 0 Å². The van der Waals surface area contributed by atoms with Gasteiger partial charge in [-0.2, -0.15) is 0 Å². The van der Waals surface area contributed by atoms with E-state index in [0.717, 1.165) is 10.5 Å². The first-order valence-electron chi connectivity index (χ1n) is 5.86. The third-order valence-electron chi connectivity index (χ3n) is 3.03. The summed E-state index contributed by atoms with van der Waals surface area (Å²) in [6.45, 7) is 2.33. The van der Waals surface area contributed by atoms with Crippen molar-refractivity contribution in [3.8, 4) is 0 Å². The highest BCUT2D eigenvalue weighted by atomic mass is 32.2. The molecule has 0 saturated carbocycles. The molecule has 100 valence electrons. The standard InChI is InChI=1S/C13H20N2O2S/c1-10(15(2)13(16)8-9-14)11-4-6-12(7-5-11)18(3)17/h4-7,10H,8-9,14H2,1-3H3. The van der Waals surface area contributed by atoms with Crippen molar-refractivity contribution in [2.75, 3.05) is 19.8 Å². The molecule has 0 aromatic heterocycles. The van der Waals surface area contributed by atoms with Crippen LogP contribution in [0.15, 0.2) is 29.2 Å². The summed E-state index contributed by atoms with van der Waals surface area (Å²) in [5, 5.41) is 0. The lowest BCUT2D eigenvalue weighted by Gasteiger charge is -2.25. The second-order valence-corrected chi connectivity index (χ2v) is 5.62.